The fourth-order valence-corrected chi connectivity index (χ4v) is 3.60. The van der Waals surface area contributed by atoms with Gasteiger partial charge in [-0.2, -0.15) is 5.10 Å². The molecule has 0 saturated carbocycles. The lowest BCUT2D eigenvalue weighted by atomic mass is 10.2. The molecular formula is C23H19ClN4O2S. The Morgan fingerprint density at radius 3 is 2.71 bits per heavy atom. The molecule has 4 aromatic rings. The molecule has 0 bridgehead atoms. The Morgan fingerprint density at radius 1 is 1.10 bits per heavy atom. The number of halogens is 1. The summed E-state index contributed by atoms with van der Waals surface area (Å²) in [5.41, 5.74) is 6.13. The maximum absolute atomic E-state index is 12.1. The topological polar surface area (TPSA) is 79.4 Å². The van der Waals surface area contributed by atoms with Crippen LogP contribution in [0.3, 0.4) is 0 Å². The van der Waals surface area contributed by atoms with Gasteiger partial charge in [0.25, 0.3) is 5.91 Å². The standard InChI is InChI=1S/C23H19ClN4O2S/c24-18-11-9-16(10-12-18)14-30-21-8-4-1-5-17(21)13-25-28-22(29)15-31-23-26-19-6-2-3-7-20(19)27-23/h1-13H,14-15H2,(H,26,27)(H,28,29)/b25-13-. The molecule has 0 radical (unpaired) electrons. The molecule has 8 heteroatoms. The number of ether oxygens (including phenoxy) is 1. The molecule has 31 heavy (non-hydrogen) atoms. The average Bonchev–Trinajstić information content (AvgIpc) is 3.21. The van der Waals surface area contributed by atoms with Gasteiger partial charge in [0.05, 0.1) is 23.0 Å². The molecule has 6 nitrogen and oxygen atoms in total. The van der Waals surface area contributed by atoms with Gasteiger partial charge in [0.2, 0.25) is 0 Å². The number of carbonyl (C=O) groups is 1. The Morgan fingerprint density at radius 2 is 1.87 bits per heavy atom. The van der Waals surface area contributed by atoms with E-state index in [-0.39, 0.29) is 11.7 Å². The van der Waals surface area contributed by atoms with Gasteiger partial charge in [-0.3, -0.25) is 4.79 Å². The lowest BCUT2D eigenvalue weighted by Crippen LogP contribution is -2.19. The highest BCUT2D eigenvalue weighted by atomic mass is 35.5. The van der Waals surface area contributed by atoms with Crippen molar-refractivity contribution in [2.45, 2.75) is 11.8 Å². The second kappa shape index (κ2) is 10.1. The van der Waals surface area contributed by atoms with E-state index >= 15 is 0 Å². The van der Waals surface area contributed by atoms with E-state index in [0.717, 1.165) is 22.2 Å². The van der Waals surface area contributed by atoms with Crippen molar-refractivity contribution < 1.29 is 9.53 Å². The minimum atomic E-state index is -0.221. The highest BCUT2D eigenvalue weighted by molar-refractivity contribution is 7.99. The molecule has 0 spiro atoms. The molecule has 3 aromatic carbocycles. The Kier molecular flexibility index (Phi) is 6.86. The normalized spacial score (nSPS) is 11.1. The highest BCUT2D eigenvalue weighted by Crippen LogP contribution is 2.20. The minimum Gasteiger partial charge on any atom is -0.488 e. The van der Waals surface area contributed by atoms with Crippen LogP contribution in [0.15, 0.2) is 83.1 Å². The van der Waals surface area contributed by atoms with E-state index in [1.54, 1.807) is 6.21 Å². The van der Waals surface area contributed by atoms with Crippen LogP contribution in [0.25, 0.3) is 11.0 Å². The first-order chi connectivity index (χ1) is 15.2. The van der Waals surface area contributed by atoms with Gasteiger partial charge < -0.3 is 9.72 Å². The number of imidazole rings is 1. The molecule has 1 aromatic heterocycles. The van der Waals surface area contributed by atoms with E-state index in [1.807, 2.05) is 72.8 Å². The van der Waals surface area contributed by atoms with Crippen LogP contribution in [0.5, 0.6) is 5.75 Å². The number of nitrogens with zero attached hydrogens (tertiary/aromatic N) is 2. The molecule has 1 amide bonds. The lowest BCUT2D eigenvalue weighted by Gasteiger charge is -2.09. The number of para-hydroxylation sites is 3. The summed E-state index contributed by atoms with van der Waals surface area (Å²) in [6.07, 6.45) is 1.57. The molecule has 0 unspecified atom stereocenters. The van der Waals surface area contributed by atoms with Crippen LogP contribution in [-0.2, 0) is 11.4 Å². The van der Waals surface area contributed by atoms with Gasteiger partial charge in [-0.25, -0.2) is 10.4 Å². The number of fused-ring (bicyclic) bond motifs is 1. The number of carbonyl (C=O) groups excluding carboxylic acids is 1. The van der Waals surface area contributed by atoms with Crippen molar-refractivity contribution in [1.29, 1.82) is 0 Å². The molecule has 4 rings (SSSR count). The number of nitrogens with one attached hydrogen (secondary N) is 2. The SMILES string of the molecule is O=C(CSc1nc2ccccc2[nH]1)N/N=C\c1ccccc1OCc1ccc(Cl)cc1. The van der Waals surface area contributed by atoms with Gasteiger partial charge in [0, 0.05) is 10.6 Å². The van der Waals surface area contributed by atoms with Gasteiger partial charge in [-0.15, -0.1) is 0 Å². The van der Waals surface area contributed by atoms with Crippen molar-refractivity contribution in [3.05, 3.63) is 88.9 Å². The Hall–Kier alpha value is -3.29. The summed E-state index contributed by atoms with van der Waals surface area (Å²) < 4.78 is 5.89. The van der Waals surface area contributed by atoms with Crippen LogP contribution in [-0.4, -0.2) is 27.8 Å². The zero-order valence-electron chi connectivity index (χ0n) is 16.4. The second-order valence-electron chi connectivity index (χ2n) is 6.59. The molecule has 2 N–H and O–H groups in total. The van der Waals surface area contributed by atoms with Crippen molar-refractivity contribution in [2.24, 2.45) is 5.10 Å². The number of rotatable bonds is 8. The summed E-state index contributed by atoms with van der Waals surface area (Å²) in [4.78, 5) is 19.7. The molecule has 0 fully saturated rings. The summed E-state index contributed by atoms with van der Waals surface area (Å²) >= 11 is 7.24. The lowest BCUT2D eigenvalue weighted by molar-refractivity contribution is -0.118. The van der Waals surface area contributed by atoms with Crippen LogP contribution in [0.2, 0.25) is 5.02 Å². The van der Waals surface area contributed by atoms with E-state index in [4.69, 9.17) is 16.3 Å². The maximum Gasteiger partial charge on any atom is 0.250 e. The van der Waals surface area contributed by atoms with Gasteiger partial charge in [-0.1, -0.05) is 59.8 Å². The number of aromatic amines is 1. The largest absolute Gasteiger partial charge is 0.488 e. The molecule has 156 valence electrons. The average molecular weight is 451 g/mol. The van der Waals surface area contributed by atoms with Crippen LogP contribution >= 0.6 is 23.4 Å². The fraction of sp³-hybridized carbons (Fsp3) is 0.0870. The van der Waals surface area contributed by atoms with Crippen molar-refractivity contribution in [3.8, 4) is 5.75 Å². The van der Waals surface area contributed by atoms with Crippen LogP contribution < -0.4 is 10.2 Å². The van der Waals surface area contributed by atoms with Crippen molar-refractivity contribution in [1.82, 2.24) is 15.4 Å². The maximum atomic E-state index is 12.1. The van der Waals surface area contributed by atoms with Crippen molar-refractivity contribution in [3.63, 3.8) is 0 Å². The zero-order valence-corrected chi connectivity index (χ0v) is 18.0. The first-order valence-electron chi connectivity index (χ1n) is 9.53. The van der Waals surface area contributed by atoms with Gasteiger partial charge in [0.15, 0.2) is 5.16 Å². The van der Waals surface area contributed by atoms with E-state index < -0.39 is 0 Å². The predicted octanol–water partition coefficient (Wildman–Crippen LogP) is 5.04. The molecule has 0 aliphatic carbocycles. The number of thioether (sulfide) groups is 1. The van der Waals surface area contributed by atoms with E-state index in [2.05, 4.69) is 20.5 Å². The quantitative estimate of drug-likeness (QED) is 0.224. The first-order valence-corrected chi connectivity index (χ1v) is 10.9. The number of hydrazone groups is 1. The second-order valence-corrected chi connectivity index (χ2v) is 7.99. The van der Waals surface area contributed by atoms with Crippen LogP contribution in [0, 0.1) is 0 Å². The van der Waals surface area contributed by atoms with Gasteiger partial charge in [-0.05, 0) is 42.0 Å². The number of hydrogen-bond acceptors (Lipinski definition) is 5. The third-order valence-corrected chi connectivity index (χ3v) is 5.45. The summed E-state index contributed by atoms with van der Waals surface area (Å²) in [6, 6.07) is 22.7. The zero-order chi connectivity index (χ0) is 21.5. The van der Waals surface area contributed by atoms with Gasteiger partial charge >= 0.3 is 0 Å². The van der Waals surface area contributed by atoms with Crippen molar-refractivity contribution in [2.75, 3.05) is 5.75 Å². The number of benzene rings is 3. The van der Waals surface area contributed by atoms with Crippen LogP contribution in [0.4, 0.5) is 0 Å². The Balaban J connectivity index is 1.29. The van der Waals surface area contributed by atoms with E-state index in [1.165, 1.54) is 11.8 Å². The third kappa shape index (κ3) is 5.87. The molecule has 0 saturated heterocycles. The molecule has 0 aliphatic rings. The first kappa shape index (κ1) is 21.0. The Bertz CT molecular complexity index is 1170. The number of hydrogen-bond donors (Lipinski definition) is 2. The van der Waals surface area contributed by atoms with Crippen molar-refractivity contribution >= 4 is 46.5 Å². The molecular weight excluding hydrogens is 432 g/mol. The minimum absolute atomic E-state index is 0.200. The summed E-state index contributed by atoms with van der Waals surface area (Å²) in [5, 5.41) is 5.44. The molecule has 0 aliphatic heterocycles. The molecule has 1 heterocycles. The number of H-pyrrole nitrogens is 1. The molecule has 0 atom stereocenters. The van der Waals surface area contributed by atoms with E-state index in [0.29, 0.717) is 22.5 Å². The summed E-state index contributed by atoms with van der Waals surface area (Å²) in [7, 11) is 0. The van der Waals surface area contributed by atoms with E-state index in [9.17, 15) is 4.79 Å². The monoisotopic (exact) mass is 450 g/mol. The fourth-order valence-electron chi connectivity index (χ4n) is 2.80. The smallest absolute Gasteiger partial charge is 0.250 e. The Labute approximate surface area is 188 Å². The number of amides is 1. The predicted molar refractivity (Wildman–Crippen MR) is 125 cm³/mol. The number of aromatic nitrogens is 2. The summed E-state index contributed by atoms with van der Waals surface area (Å²) in [5.74, 6) is 0.652. The van der Waals surface area contributed by atoms with Gasteiger partial charge in [0.1, 0.15) is 12.4 Å². The van der Waals surface area contributed by atoms with Crippen LogP contribution in [0.1, 0.15) is 11.1 Å². The third-order valence-electron chi connectivity index (χ3n) is 4.33. The highest BCUT2D eigenvalue weighted by Gasteiger charge is 2.07. The summed E-state index contributed by atoms with van der Waals surface area (Å²) in [6.45, 7) is 0.405.